The van der Waals surface area contributed by atoms with Crippen molar-refractivity contribution in [2.24, 2.45) is 12.2 Å². The molecule has 2 aromatic carbocycles. The van der Waals surface area contributed by atoms with Crippen molar-refractivity contribution in [1.29, 1.82) is 0 Å². The maximum atomic E-state index is 13.1. The molecule has 3 aromatic rings. The predicted octanol–water partition coefficient (Wildman–Crippen LogP) is 3.92. The molecule has 1 aliphatic rings. The third kappa shape index (κ3) is 3.92. The van der Waals surface area contributed by atoms with Crippen LogP contribution in [-0.4, -0.2) is 25.5 Å². The molecule has 0 spiro atoms. The first kappa shape index (κ1) is 21.8. The zero-order valence-corrected chi connectivity index (χ0v) is 17.8. The number of aryl methyl sites for hydroxylation is 2. The number of tetrazole rings is 1. The summed E-state index contributed by atoms with van der Waals surface area (Å²) in [6.07, 6.45) is -2.98. The summed E-state index contributed by atoms with van der Waals surface area (Å²) in [5.41, 5.74) is 1.73. The van der Waals surface area contributed by atoms with E-state index in [0.29, 0.717) is 29.8 Å². The highest BCUT2D eigenvalue weighted by molar-refractivity contribution is 5.95. The van der Waals surface area contributed by atoms with Crippen LogP contribution in [0.5, 0.6) is 0 Å². The molecule has 0 unspecified atom stereocenters. The van der Waals surface area contributed by atoms with E-state index in [1.807, 2.05) is 13.0 Å². The molecule has 0 saturated heterocycles. The number of halogens is 3. The molecule has 1 fully saturated rings. The van der Waals surface area contributed by atoms with Gasteiger partial charge in [-0.25, -0.2) is 4.79 Å². The van der Waals surface area contributed by atoms with E-state index >= 15 is 0 Å². The Morgan fingerprint density at radius 3 is 2.53 bits per heavy atom. The maximum Gasteiger partial charge on any atom is 0.416 e. The fourth-order valence-corrected chi connectivity index (χ4v) is 3.80. The zero-order valence-electron chi connectivity index (χ0n) is 17.8. The maximum absolute atomic E-state index is 13.1. The molecule has 0 amide bonds. The summed E-state index contributed by atoms with van der Waals surface area (Å²) in [6, 6.07) is 10.8. The van der Waals surface area contributed by atoms with Gasteiger partial charge in [0.25, 0.3) is 0 Å². The first-order valence-electron chi connectivity index (χ1n) is 10.1. The van der Waals surface area contributed by atoms with Gasteiger partial charge >= 0.3 is 11.9 Å². The molecule has 32 heavy (non-hydrogen) atoms. The van der Waals surface area contributed by atoms with Gasteiger partial charge in [-0.15, -0.1) is 0 Å². The van der Waals surface area contributed by atoms with Crippen LogP contribution in [0.15, 0.2) is 52.4 Å². The lowest BCUT2D eigenvalue weighted by Crippen LogP contribution is -2.23. The van der Waals surface area contributed by atoms with Crippen molar-refractivity contribution in [3.05, 3.63) is 75.2 Å². The number of aromatic nitrogens is 4. The van der Waals surface area contributed by atoms with Crippen LogP contribution in [0.4, 0.5) is 13.2 Å². The Balaban J connectivity index is 1.57. The normalized spacial score (nSPS) is 15.6. The zero-order chi connectivity index (χ0) is 23.1. The van der Waals surface area contributed by atoms with Crippen LogP contribution in [-0.2, 0) is 30.1 Å². The third-order valence-electron chi connectivity index (χ3n) is 5.93. The van der Waals surface area contributed by atoms with Gasteiger partial charge in [0.2, 0.25) is 0 Å². The first-order valence-corrected chi connectivity index (χ1v) is 10.1. The van der Waals surface area contributed by atoms with E-state index in [1.165, 1.54) is 23.9 Å². The molecule has 0 radical (unpaired) electrons. The van der Waals surface area contributed by atoms with Gasteiger partial charge in [-0.1, -0.05) is 35.5 Å². The summed E-state index contributed by atoms with van der Waals surface area (Å²) in [4.78, 5) is 17.9. The lowest BCUT2D eigenvalue weighted by Gasteiger charge is -2.17. The Morgan fingerprint density at radius 2 is 1.91 bits per heavy atom. The smallest absolute Gasteiger partial charge is 0.391 e. The predicted molar refractivity (Wildman–Crippen MR) is 112 cm³/mol. The minimum absolute atomic E-state index is 0.0705. The highest BCUT2D eigenvalue weighted by Gasteiger charge is 2.48. The summed E-state index contributed by atoms with van der Waals surface area (Å²) in [7, 11) is 1.51. The topological polar surface area (TPSA) is 74.3 Å². The van der Waals surface area contributed by atoms with Crippen molar-refractivity contribution in [3.63, 3.8) is 0 Å². The van der Waals surface area contributed by atoms with E-state index in [-0.39, 0.29) is 6.61 Å². The van der Waals surface area contributed by atoms with Crippen LogP contribution in [0.1, 0.15) is 42.0 Å². The van der Waals surface area contributed by atoms with Crippen molar-refractivity contribution in [2.75, 3.05) is 0 Å². The molecule has 4 rings (SSSR count). The molecule has 0 N–H and O–H groups in total. The van der Waals surface area contributed by atoms with Crippen molar-refractivity contribution >= 4 is 5.71 Å². The van der Waals surface area contributed by atoms with Crippen LogP contribution in [0.2, 0.25) is 0 Å². The van der Waals surface area contributed by atoms with E-state index in [9.17, 15) is 18.0 Å². The Labute approximate surface area is 182 Å². The fourth-order valence-electron chi connectivity index (χ4n) is 3.80. The summed E-state index contributed by atoms with van der Waals surface area (Å²) in [6.45, 7) is 3.71. The quantitative estimate of drug-likeness (QED) is 0.426. The second kappa shape index (κ2) is 7.92. The molecule has 10 heteroatoms. The SMILES string of the molecule is CC(=NOCc1c(C)cccc1-n1nnn(C)c1=O)C1(c2cccc(C(F)(F)F)c2)CC1. The number of oxime groups is 1. The van der Waals surface area contributed by atoms with E-state index in [1.54, 1.807) is 25.1 Å². The van der Waals surface area contributed by atoms with Gasteiger partial charge in [0.1, 0.15) is 6.61 Å². The molecule has 0 aliphatic heterocycles. The summed E-state index contributed by atoms with van der Waals surface area (Å²) in [5.74, 6) is 0. The number of hydrogen-bond donors (Lipinski definition) is 0. The summed E-state index contributed by atoms with van der Waals surface area (Å²) < 4.78 is 41.7. The molecule has 1 heterocycles. The largest absolute Gasteiger partial charge is 0.416 e. The van der Waals surface area contributed by atoms with E-state index in [0.717, 1.165) is 21.9 Å². The Hall–Kier alpha value is -3.43. The first-order chi connectivity index (χ1) is 15.1. The molecular weight excluding hydrogens is 423 g/mol. The van der Waals surface area contributed by atoms with Crippen LogP contribution in [0, 0.1) is 6.92 Å². The molecule has 0 atom stereocenters. The number of hydrogen-bond acceptors (Lipinski definition) is 5. The van der Waals surface area contributed by atoms with Gasteiger partial charge in [-0.2, -0.15) is 22.5 Å². The molecule has 1 saturated carbocycles. The fraction of sp³-hybridized carbons (Fsp3) is 0.364. The second-order valence-corrected chi connectivity index (χ2v) is 7.98. The molecular formula is C22H22F3N5O2. The molecule has 1 aliphatic carbocycles. The number of alkyl halides is 3. The molecule has 7 nitrogen and oxygen atoms in total. The Morgan fingerprint density at radius 1 is 1.19 bits per heavy atom. The average Bonchev–Trinajstić information content (AvgIpc) is 3.50. The minimum Gasteiger partial charge on any atom is -0.391 e. The van der Waals surface area contributed by atoms with E-state index < -0.39 is 22.8 Å². The van der Waals surface area contributed by atoms with Gasteiger partial charge in [0.05, 0.1) is 17.0 Å². The van der Waals surface area contributed by atoms with Gasteiger partial charge in [0.15, 0.2) is 0 Å². The average molecular weight is 445 g/mol. The van der Waals surface area contributed by atoms with Crippen LogP contribution >= 0.6 is 0 Å². The van der Waals surface area contributed by atoms with Gasteiger partial charge in [-0.05, 0) is 60.4 Å². The standard InChI is InChI=1S/C22H22F3N5O2/c1-14-6-4-9-19(30-20(31)29(3)27-28-30)18(14)13-32-26-15(2)21(10-11-21)16-7-5-8-17(12-16)22(23,24)25/h4-9,12H,10-11,13H2,1-3H3. The molecule has 1 aromatic heterocycles. The number of nitrogens with zero attached hydrogens (tertiary/aromatic N) is 5. The minimum atomic E-state index is -4.40. The van der Waals surface area contributed by atoms with Crippen molar-refractivity contribution in [3.8, 4) is 5.69 Å². The van der Waals surface area contributed by atoms with Crippen molar-refractivity contribution < 1.29 is 18.0 Å². The summed E-state index contributed by atoms with van der Waals surface area (Å²) in [5, 5.41) is 11.9. The van der Waals surface area contributed by atoms with Gasteiger partial charge in [0, 0.05) is 18.0 Å². The lowest BCUT2D eigenvalue weighted by molar-refractivity contribution is -0.137. The van der Waals surface area contributed by atoms with Crippen LogP contribution in [0.3, 0.4) is 0 Å². The van der Waals surface area contributed by atoms with Crippen LogP contribution < -0.4 is 5.69 Å². The Kier molecular flexibility index (Phi) is 5.39. The van der Waals surface area contributed by atoms with Crippen LogP contribution in [0.25, 0.3) is 5.69 Å². The van der Waals surface area contributed by atoms with Crippen molar-refractivity contribution in [1.82, 2.24) is 19.8 Å². The monoisotopic (exact) mass is 445 g/mol. The second-order valence-electron chi connectivity index (χ2n) is 7.98. The molecule has 0 bridgehead atoms. The highest BCUT2D eigenvalue weighted by Crippen LogP contribution is 2.50. The summed E-state index contributed by atoms with van der Waals surface area (Å²) >= 11 is 0. The number of benzene rings is 2. The third-order valence-corrected chi connectivity index (χ3v) is 5.93. The van der Waals surface area contributed by atoms with Gasteiger partial charge < -0.3 is 4.84 Å². The highest BCUT2D eigenvalue weighted by atomic mass is 19.4. The van der Waals surface area contributed by atoms with E-state index in [4.69, 9.17) is 4.84 Å². The lowest BCUT2D eigenvalue weighted by atomic mass is 9.90. The molecule has 168 valence electrons. The number of rotatable bonds is 6. The van der Waals surface area contributed by atoms with Crippen molar-refractivity contribution in [2.45, 2.75) is 44.9 Å². The van der Waals surface area contributed by atoms with Gasteiger partial charge in [-0.3, -0.25) is 0 Å². The van der Waals surface area contributed by atoms with E-state index in [2.05, 4.69) is 15.6 Å². The Bertz CT molecular complexity index is 1240.